The Hall–Kier alpha value is -3.65. The van der Waals surface area contributed by atoms with Crippen molar-refractivity contribution in [3.8, 4) is 0 Å². The van der Waals surface area contributed by atoms with Crippen LogP contribution in [0.25, 0.3) is 11.2 Å². The quantitative estimate of drug-likeness (QED) is 0.326. The van der Waals surface area contributed by atoms with E-state index in [1.807, 2.05) is 30.3 Å². The van der Waals surface area contributed by atoms with Crippen LogP contribution in [0.3, 0.4) is 0 Å². The lowest BCUT2D eigenvalue weighted by atomic mass is 9.92. The number of anilines is 3. The molecule has 2 aromatic carbocycles. The Morgan fingerprint density at radius 3 is 2.50 bits per heavy atom. The second kappa shape index (κ2) is 9.30. The van der Waals surface area contributed by atoms with Crippen LogP contribution in [0, 0.1) is 6.92 Å². The summed E-state index contributed by atoms with van der Waals surface area (Å²) in [5.41, 5.74) is 24.2. The van der Waals surface area contributed by atoms with Crippen LogP contribution in [0.5, 0.6) is 0 Å². The van der Waals surface area contributed by atoms with Crippen molar-refractivity contribution < 1.29 is 0 Å². The van der Waals surface area contributed by atoms with Crippen molar-refractivity contribution in [1.82, 2.24) is 19.5 Å². The number of aromatic nitrogens is 4. The highest BCUT2D eigenvalue weighted by molar-refractivity contribution is 5.83. The molecule has 7 N–H and O–H groups in total. The largest absolute Gasteiger partial charge is 0.398 e. The summed E-state index contributed by atoms with van der Waals surface area (Å²) >= 11 is 0. The third kappa shape index (κ3) is 4.68. The standard InChI is InChI=1S/C26H32N8/c1-16-7-12-21(28)18(13-16)14-22-31-23-24(29)32-26(30-20-10-8-19(27)9-11-20)33-25(23)34(22)15-17-5-3-2-4-6-17/h2-7,12-13,19-20H,8-11,14-15,27-28H2,1H3,(H3,29,30,32,33). The van der Waals surface area contributed by atoms with Crippen molar-refractivity contribution in [2.24, 2.45) is 5.73 Å². The highest BCUT2D eigenvalue weighted by Crippen LogP contribution is 2.27. The molecule has 8 heteroatoms. The van der Waals surface area contributed by atoms with Crippen molar-refractivity contribution in [1.29, 1.82) is 0 Å². The zero-order valence-electron chi connectivity index (χ0n) is 19.5. The number of imidazole rings is 1. The molecule has 0 saturated heterocycles. The molecule has 0 spiro atoms. The van der Waals surface area contributed by atoms with Crippen LogP contribution in [0.1, 0.15) is 48.2 Å². The van der Waals surface area contributed by atoms with Gasteiger partial charge in [-0.3, -0.25) is 0 Å². The normalized spacial score (nSPS) is 18.3. The lowest BCUT2D eigenvalue weighted by Crippen LogP contribution is -2.33. The number of nitrogens with zero attached hydrogens (tertiary/aromatic N) is 4. The van der Waals surface area contributed by atoms with Gasteiger partial charge in [-0.05, 0) is 49.8 Å². The predicted octanol–water partition coefficient (Wildman–Crippen LogP) is 3.62. The maximum atomic E-state index is 6.40. The molecule has 0 aliphatic heterocycles. The minimum absolute atomic E-state index is 0.287. The number of benzene rings is 2. The van der Waals surface area contributed by atoms with E-state index in [4.69, 9.17) is 27.2 Å². The van der Waals surface area contributed by atoms with E-state index in [-0.39, 0.29) is 6.04 Å². The molecule has 0 amide bonds. The maximum Gasteiger partial charge on any atom is 0.226 e. The second-order valence-corrected chi connectivity index (χ2v) is 9.34. The number of nitrogens with one attached hydrogen (secondary N) is 1. The Morgan fingerprint density at radius 2 is 1.74 bits per heavy atom. The lowest BCUT2D eigenvalue weighted by Gasteiger charge is -2.26. The smallest absolute Gasteiger partial charge is 0.226 e. The molecule has 2 heterocycles. The monoisotopic (exact) mass is 456 g/mol. The third-order valence-corrected chi connectivity index (χ3v) is 6.64. The Balaban J connectivity index is 1.55. The Labute approximate surface area is 199 Å². The molecule has 1 aliphatic carbocycles. The minimum atomic E-state index is 0.287. The van der Waals surface area contributed by atoms with Gasteiger partial charge in [0.2, 0.25) is 5.95 Å². The highest BCUT2D eigenvalue weighted by atomic mass is 15.2. The number of nitrogen functional groups attached to an aromatic ring is 2. The first-order valence-corrected chi connectivity index (χ1v) is 11.9. The summed E-state index contributed by atoms with van der Waals surface area (Å²) in [4.78, 5) is 14.3. The summed E-state index contributed by atoms with van der Waals surface area (Å²) in [7, 11) is 0. The average Bonchev–Trinajstić information content (AvgIpc) is 3.16. The van der Waals surface area contributed by atoms with Gasteiger partial charge in [0.1, 0.15) is 5.82 Å². The van der Waals surface area contributed by atoms with Gasteiger partial charge in [0, 0.05) is 24.2 Å². The highest BCUT2D eigenvalue weighted by Gasteiger charge is 2.22. The first kappa shape index (κ1) is 22.2. The summed E-state index contributed by atoms with van der Waals surface area (Å²) in [6.45, 7) is 2.70. The summed E-state index contributed by atoms with van der Waals surface area (Å²) in [6, 6.07) is 17.0. The lowest BCUT2D eigenvalue weighted by molar-refractivity contribution is 0.410. The first-order valence-electron chi connectivity index (χ1n) is 11.9. The minimum Gasteiger partial charge on any atom is -0.398 e. The zero-order valence-corrected chi connectivity index (χ0v) is 19.5. The molecule has 0 atom stereocenters. The van der Waals surface area contributed by atoms with Crippen molar-refractivity contribution >= 4 is 28.6 Å². The van der Waals surface area contributed by atoms with Crippen LogP contribution >= 0.6 is 0 Å². The van der Waals surface area contributed by atoms with Gasteiger partial charge in [0.15, 0.2) is 17.0 Å². The molecular weight excluding hydrogens is 424 g/mol. The number of nitrogens with two attached hydrogens (primary N) is 3. The number of hydrogen-bond donors (Lipinski definition) is 4. The summed E-state index contributed by atoms with van der Waals surface area (Å²) in [5.74, 6) is 1.78. The zero-order chi connectivity index (χ0) is 23.7. The Morgan fingerprint density at radius 1 is 0.971 bits per heavy atom. The maximum absolute atomic E-state index is 6.40. The van der Waals surface area contributed by atoms with Gasteiger partial charge < -0.3 is 27.1 Å². The van der Waals surface area contributed by atoms with Crippen LogP contribution in [-0.2, 0) is 13.0 Å². The predicted molar refractivity (Wildman–Crippen MR) is 138 cm³/mol. The number of fused-ring (bicyclic) bond motifs is 1. The molecule has 1 aliphatic rings. The Bertz CT molecular complexity index is 1290. The summed E-state index contributed by atoms with van der Waals surface area (Å²) in [5, 5.41) is 3.48. The first-order chi connectivity index (χ1) is 16.5. The topological polar surface area (TPSA) is 134 Å². The van der Waals surface area contributed by atoms with Gasteiger partial charge in [-0.1, -0.05) is 48.0 Å². The summed E-state index contributed by atoms with van der Waals surface area (Å²) in [6.07, 6.45) is 4.60. The molecule has 2 aromatic heterocycles. The molecule has 34 heavy (non-hydrogen) atoms. The van der Waals surface area contributed by atoms with Crippen molar-refractivity contribution in [3.63, 3.8) is 0 Å². The molecule has 4 aromatic rings. The fourth-order valence-electron chi connectivity index (χ4n) is 4.70. The average molecular weight is 457 g/mol. The van der Waals surface area contributed by atoms with Crippen molar-refractivity contribution in [2.75, 3.05) is 16.8 Å². The van der Waals surface area contributed by atoms with E-state index in [2.05, 4.69) is 40.0 Å². The van der Waals surface area contributed by atoms with E-state index in [1.165, 1.54) is 0 Å². The van der Waals surface area contributed by atoms with E-state index < -0.39 is 0 Å². The molecule has 1 fully saturated rings. The van der Waals surface area contributed by atoms with Crippen LogP contribution in [0.2, 0.25) is 0 Å². The summed E-state index contributed by atoms with van der Waals surface area (Å²) < 4.78 is 2.13. The van der Waals surface area contributed by atoms with Crippen LogP contribution in [-0.4, -0.2) is 31.6 Å². The molecule has 5 rings (SSSR count). The van der Waals surface area contributed by atoms with Gasteiger partial charge in [-0.2, -0.15) is 9.97 Å². The van der Waals surface area contributed by atoms with Crippen LogP contribution in [0.15, 0.2) is 48.5 Å². The van der Waals surface area contributed by atoms with E-state index in [1.54, 1.807) is 0 Å². The van der Waals surface area contributed by atoms with Gasteiger partial charge in [-0.25, -0.2) is 4.98 Å². The van der Waals surface area contributed by atoms with Crippen LogP contribution in [0.4, 0.5) is 17.5 Å². The second-order valence-electron chi connectivity index (χ2n) is 9.34. The number of aryl methyl sites for hydroxylation is 1. The molecule has 0 unspecified atom stereocenters. The van der Waals surface area contributed by atoms with Gasteiger partial charge >= 0.3 is 0 Å². The Kier molecular flexibility index (Phi) is 6.06. The number of hydrogen-bond acceptors (Lipinski definition) is 7. The van der Waals surface area contributed by atoms with Gasteiger partial charge in [0.05, 0.1) is 6.54 Å². The molecule has 1 saturated carbocycles. The number of rotatable bonds is 6. The van der Waals surface area contributed by atoms with E-state index in [0.29, 0.717) is 36.3 Å². The van der Waals surface area contributed by atoms with Gasteiger partial charge in [-0.15, -0.1) is 0 Å². The third-order valence-electron chi connectivity index (χ3n) is 6.64. The molecule has 0 bridgehead atoms. The molecular formula is C26H32N8. The fraction of sp³-hybridized carbons (Fsp3) is 0.346. The van der Waals surface area contributed by atoms with E-state index >= 15 is 0 Å². The fourth-order valence-corrected chi connectivity index (χ4v) is 4.70. The van der Waals surface area contributed by atoms with Crippen molar-refractivity contribution in [2.45, 2.75) is 57.7 Å². The van der Waals surface area contributed by atoms with Crippen molar-refractivity contribution in [3.05, 3.63) is 71.0 Å². The molecule has 176 valence electrons. The molecule has 8 nitrogen and oxygen atoms in total. The van der Waals surface area contributed by atoms with E-state index in [9.17, 15) is 0 Å². The van der Waals surface area contributed by atoms with Crippen LogP contribution < -0.4 is 22.5 Å². The molecule has 0 radical (unpaired) electrons. The SMILES string of the molecule is Cc1ccc(N)c(Cc2nc3c(N)nc(NC4CCC(N)CC4)nc3n2Cc2ccccc2)c1. The van der Waals surface area contributed by atoms with Gasteiger partial charge in [0.25, 0.3) is 0 Å². The van der Waals surface area contributed by atoms with E-state index in [0.717, 1.165) is 59.5 Å².